The van der Waals surface area contributed by atoms with Crippen molar-refractivity contribution in [3.05, 3.63) is 29.3 Å². The van der Waals surface area contributed by atoms with Crippen molar-refractivity contribution in [2.24, 2.45) is 0 Å². The molecule has 0 atom stereocenters. The van der Waals surface area contributed by atoms with Crippen molar-refractivity contribution in [1.29, 1.82) is 0 Å². The van der Waals surface area contributed by atoms with E-state index in [9.17, 15) is 0 Å². The largest absolute Gasteiger partial charge is 0.374 e. The summed E-state index contributed by atoms with van der Waals surface area (Å²) in [7, 11) is 2.21. The summed E-state index contributed by atoms with van der Waals surface area (Å²) in [4.78, 5) is 2.39. The zero-order chi connectivity index (χ0) is 13.7. The van der Waals surface area contributed by atoms with Gasteiger partial charge in [-0.05, 0) is 43.4 Å². The predicted molar refractivity (Wildman–Crippen MR) is 83.8 cm³/mol. The second-order valence-corrected chi connectivity index (χ2v) is 5.90. The van der Waals surface area contributed by atoms with Gasteiger partial charge in [0.2, 0.25) is 0 Å². The maximum absolute atomic E-state index is 3.58. The molecule has 0 heterocycles. The zero-order valence-corrected chi connectivity index (χ0v) is 12.7. The minimum Gasteiger partial charge on any atom is -0.374 e. The molecule has 1 saturated carbocycles. The quantitative estimate of drug-likeness (QED) is 0.714. The van der Waals surface area contributed by atoms with Gasteiger partial charge in [-0.25, -0.2) is 0 Å². The Morgan fingerprint density at radius 3 is 2.68 bits per heavy atom. The number of nitrogens with zero attached hydrogens (tertiary/aromatic N) is 1. The molecule has 0 spiro atoms. The van der Waals surface area contributed by atoms with Gasteiger partial charge in [0, 0.05) is 31.9 Å². The molecular weight excluding hydrogens is 232 g/mol. The molecule has 106 valence electrons. The first-order valence-corrected chi connectivity index (χ1v) is 7.74. The zero-order valence-electron chi connectivity index (χ0n) is 12.7. The van der Waals surface area contributed by atoms with Crippen LogP contribution in [-0.2, 0) is 6.54 Å². The fourth-order valence-electron chi connectivity index (χ4n) is 2.52. The Labute approximate surface area is 118 Å². The SMILES string of the molecule is CCCCCN(C)c1ccc(CNC2CC2)cc1C. The summed E-state index contributed by atoms with van der Waals surface area (Å²) in [6.45, 7) is 6.67. The molecule has 1 aromatic carbocycles. The van der Waals surface area contributed by atoms with Gasteiger partial charge >= 0.3 is 0 Å². The lowest BCUT2D eigenvalue weighted by molar-refractivity contribution is 0.686. The first-order chi connectivity index (χ1) is 9.20. The molecule has 1 aliphatic rings. The fourth-order valence-corrected chi connectivity index (χ4v) is 2.52. The highest BCUT2D eigenvalue weighted by molar-refractivity contribution is 5.53. The van der Waals surface area contributed by atoms with E-state index in [4.69, 9.17) is 0 Å². The summed E-state index contributed by atoms with van der Waals surface area (Å²) >= 11 is 0. The summed E-state index contributed by atoms with van der Waals surface area (Å²) in [5.74, 6) is 0. The monoisotopic (exact) mass is 260 g/mol. The molecule has 1 aromatic rings. The van der Waals surface area contributed by atoms with Gasteiger partial charge in [0.05, 0.1) is 0 Å². The van der Waals surface area contributed by atoms with Crippen molar-refractivity contribution in [2.75, 3.05) is 18.5 Å². The van der Waals surface area contributed by atoms with Crippen LogP contribution in [0.25, 0.3) is 0 Å². The number of unbranched alkanes of at least 4 members (excludes halogenated alkanes) is 2. The van der Waals surface area contributed by atoms with E-state index in [2.05, 4.69) is 49.3 Å². The Morgan fingerprint density at radius 2 is 2.05 bits per heavy atom. The van der Waals surface area contributed by atoms with Crippen LogP contribution in [0.2, 0.25) is 0 Å². The number of hydrogen-bond donors (Lipinski definition) is 1. The van der Waals surface area contributed by atoms with E-state index >= 15 is 0 Å². The first-order valence-electron chi connectivity index (χ1n) is 7.74. The highest BCUT2D eigenvalue weighted by atomic mass is 15.1. The summed E-state index contributed by atoms with van der Waals surface area (Å²) in [6, 6.07) is 7.68. The molecule has 2 rings (SSSR count). The lowest BCUT2D eigenvalue weighted by Crippen LogP contribution is -2.20. The topological polar surface area (TPSA) is 15.3 Å². The summed E-state index contributed by atoms with van der Waals surface area (Å²) in [6.07, 6.45) is 6.62. The average molecular weight is 260 g/mol. The standard InChI is InChI=1S/C17H28N2/c1-4-5-6-11-19(3)17-10-7-15(12-14(17)2)13-18-16-8-9-16/h7,10,12,16,18H,4-6,8-9,11,13H2,1-3H3. The number of benzene rings is 1. The van der Waals surface area contributed by atoms with Crippen molar-refractivity contribution in [1.82, 2.24) is 5.32 Å². The molecule has 1 N–H and O–H groups in total. The highest BCUT2D eigenvalue weighted by Gasteiger charge is 2.19. The lowest BCUT2D eigenvalue weighted by atomic mass is 10.1. The molecule has 0 saturated heterocycles. The number of hydrogen-bond acceptors (Lipinski definition) is 2. The molecule has 2 nitrogen and oxygen atoms in total. The Bertz CT molecular complexity index is 396. The van der Waals surface area contributed by atoms with Crippen LogP contribution in [0.1, 0.15) is 50.2 Å². The van der Waals surface area contributed by atoms with Crippen molar-refractivity contribution >= 4 is 5.69 Å². The predicted octanol–water partition coefficient (Wildman–Crippen LogP) is 3.87. The van der Waals surface area contributed by atoms with E-state index < -0.39 is 0 Å². The molecule has 0 amide bonds. The van der Waals surface area contributed by atoms with Gasteiger partial charge < -0.3 is 10.2 Å². The molecule has 2 heteroatoms. The van der Waals surface area contributed by atoms with E-state index in [-0.39, 0.29) is 0 Å². The number of rotatable bonds is 8. The van der Waals surface area contributed by atoms with Crippen molar-refractivity contribution < 1.29 is 0 Å². The second-order valence-electron chi connectivity index (χ2n) is 5.90. The van der Waals surface area contributed by atoms with Gasteiger partial charge in [0.1, 0.15) is 0 Å². The maximum Gasteiger partial charge on any atom is 0.0393 e. The number of nitrogens with one attached hydrogen (secondary N) is 1. The smallest absolute Gasteiger partial charge is 0.0393 e. The van der Waals surface area contributed by atoms with E-state index in [0.29, 0.717) is 0 Å². The van der Waals surface area contributed by atoms with Crippen molar-refractivity contribution in [2.45, 2.75) is 58.5 Å². The van der Waals surface area contributed by atoms with Crippen LogP contribution in [0.4, 0.5) is 5.69 Å². The summed E-state index contributed by atoms with van der Waals surface area (Å²) in [5.41, 5.74) is 4.19. The third-order valence-corrected chi connectivity index (χ3v) is 3.94. The van der Waals surface area contributed by atoms with Gasteiger partial charge in [0.15, 0.2) is 0 Å². The lowest BCUT2D eigenvalue weighted by Gasteiger charge is -2.22. The van der Waals surface area contributed by atoms with Crippen LogP contribution >= 0.6 is 0 Å². The Hall–Kier alpha value is -1.02. The molecule has 0 aromatic heterocycles. The maximum atomic E-state index is 3.58. The Morgan fingerprint density at radius 1 is 1.26 bits per heavy atom. The van der Waals surface area contributed by atoms with Crippen LogP contribution < -0.4 is 10.2 Å². The van der Waals surface area contributed by atoms with Crippen LogP contribution in [0.15, 0.2) is 18.2 Å². The average Bonchev–Trinajstić information content (AvgIpc) is 3.20. The molecule has 0 bridgehead atoms. The third-order valence-electron chi connectivity index (χ3n) is 3.94. The number of aryl methyl sites for hydroxylation is 1. The Balaban J connectivity index is 1.89. The molecule has 0 radical (unpaired) electrons. The fraction of sp³-hybridized carbons (Fsp3) is 0.647. The summed E-state index contributed by atoms with van der Waals surface area (Å²) < 4.78 is 0. The van der Waals surface area contributed by atoms with E-state index in [1.54, 1.807) is 0 Å². The van der Waals surface area contributed by atoms with Gasteiger partial charge in [-0.1, -0.05) is 31.9 Å². The van der Waals surface area contributed by atoms with Crippen LogP contribution in [0.5, 0.6) is 0 Å². The molecule has 1 fully saturated rings. The van der Waals surface area contributed by atoms with Crippen LogP contribution in [0, 0.1) is 6.92 Å². The minimum atomic E-state index is 0.789. The summed E-state index contributed by atoms with van der Waals surface area (Å²) in [5, 5.41) is 3.58. The van der Waals surface area contributed by atoms with Crippen LogP contribution in [-0.4, -0.2) is 19.6 Å². The molecule has 0 aliphatic heterocycles. The first kappa shape index (κ1) is 14.4. The van der Waals surface area contributed by atoms with E-state index in [1.165, 1.54) is 48.9 Å². The minimum absolute atomic E-state index is 0.789. The third kappa shape index (κ3) is 4.54. The molecule has 1 aliphatic carbocycles. The Kier molecular flexibility index (Phi) is 5.26. The van der Waals surface area contributed by atoms with Gasteiger partial charge in [-0.15, -0.1) is 0 Å². The highest BCUT2D eigenvalue weighted by Crippen LogP contribution is 2.22. The van der Waals surface area contributed by atoms with Gasteiger partial charge in [0.25, 0.3) is 0 Å². The normalized spacial score (nSPS) is 14.7. The number of anilines is 1. The molecule has 19 heavy (non-hydrogen) atoms. The van der Waals surface area contributed by atoms with Gasteiger partial charge in [-0.2, -0.15) is 0 Å². The van der Waals surface area contributed by atoms with Gasteiger partial charge in [-0.3, -0.25) is 0 Å². The van der Waals surface area contributed by atoms with Crippen molar-refractivity contribution in [3.8, 4) is 0 Å². The molecule has 0 unspecified atom stereocenters. The second kappa shape index (κ2) is 6.95. The van der Waals surface area contributed by atoms with E-state index in [0.717, 1.165) is 19.1 Å². The van der Waals surface area contributed by atoms with Crippen molar-refractivity contribution in [3.63, 3.8) is 0 Å². The molecular formula is C17H28N2. The van der Waals surface area contributed by atoms with Crippen LogP contribution in [0.3, 0.4) is 0 Å². The van der Waals surface area contributed by atoms with E-state index in [1.807, 2.05) is 0 Å².